The number of aliphatic hydroxyl groups is 1. The lowest BCUT2D eigenvalue weighted by Crippen LogP contribution is -2.03. The van der Waals surface area contributed by atoms with E-state index in [0.29, 0.717) is 16.8 Å². The van der Waals surface area contributed by atoms with Crippen LogP contribution in [0.3, 0.4) is 0 Å². The Balaban J connectivity index is 1.78. The fourth-order valence-electron chi connectivity index (χ4n) is 2.45. The highest BCUT2D eigenvalue weighted by molar-refractivity contribution is 9.10. The number of hydrogen-bond donors (Lipinski definition) is 1. The van der Waals surface area contributed by atoms with Crippen molar-refractivity contribution in [3.63, 3.8) is 0 Å². The van der Waals surface area contributed by atoms with Gasteiger partial charge in [0.15, 0.2) is 0 Å². The van der Waals surface area contributed by atoms with Gasteiger partial charge in [-0.05, 0) is 47.6 Å². The van der Waals surface area contributed by atoms with Crippen LogP contribution in [0.25, 0.3) is 0 Å². The second kappa shape index (κ2) is 5.66. The first-order valence-corrected chi connectivity index (χ1v) is 7.64. The van der Waals surface area contributed by atoms with E-state index in [-0.39, 0.29) is 5.82 Å². The van der Waals surface area contributed by atoms with Crippen LogP contribution in [0.2, 0.25) is 0 Å². The van der Waals surface area contributed by atoms with E-state index >= 15 is 0 Å². The number of rotatable bonds is 4. The van der Waals surface area contributed by atoms with Crippen molar-refractivity contribution in [3.05, 3.63) is 69.4 Å². The van der Waals surface area contributed by atoms with Crippen LogP contribution in [-0.2, 0) is 6.42 Å². The van der Waals surface area contributed by atoms with E-state index in [1.807, 2.05) is 12.1 Å². The first kappa shape index (κ1) is 13.8. The van der Waals surface area contributed by atoms with Crippen LogP contribution in [0.1, 0.15) is 41.6 Å². The third kappa shape index (κ3) is 3.10. The van der Waals surface area contributed by atoms with Crippen LogP contribution in [0.5, 0.6) is 0 Å². The van der Waals surface area contributed by atoms with E-state index in [0.717, 1.165) is 11.1 Å². The van der Waals surface area contributed by atoms with E-state index in [4.69, 9.17) is 0 Å². The molecular weight excluding hydrogens is 319 g/mol. The maximum Gasteiger partial charge on any atom is 0.124 e. The van der Waals surface area contributed by atoms with Crippen LogP contribution >= 0.6 is 15.9 Å². The van der Waals surface area contributed by atoms with Crippen molar-refractivity contribution in [1.82, 2.24) is 0 Å². The Morgan fingerprint density at radius 2 is 2.00 bits per heavy atom. The number of hydrogen-bond acceptors (Lipinski definition) is 1. The van der Waals surface area contributed by atoms with Crippen LogP contribution in [0.15, 0.2) is 46.9 Å². The summed E-state index contributed by atoms with van der Waals surface area (Å²) in [5, 5.41) is 10.4. The topological polar surface area (TPSA) is 20.2 Å². The molecule has 3 heteroatoms. The highest BCUT2D eigenvalue weighted by Crippen LogP contribution is 2.40. The zero-order chi connectivity index (χ0) is 14.1. The molecule has 0 bridgehead atoms. The molecule has 1 saturated carbocycles. The van der Waals surface area contributed by atoms with Gasteiger partial charge in [0.05, 0.1) is 6.10 Å². The Hall–Kier alpha value is -1.19. The molecule has 1 aliphatic carbocycles. The Labute approximate surface area is 126 Å². The second-order valence-corrected chi connectivity index (χ2v) is 6.25. The van der Waals surface area contributed by atoms with E-state index in [2.05, 4.69) is 28.1 Å². The van der Waals surface area contributed by atoms with Gasteiger partial charge in [-0.2, -0.15) is 0 Å². The molecule has 20 heavy (non-hydrogen) atoms. The molecule has 1 atom stereocenters. The number of halogens is 2. The largest absolute Gasteiger partial charge is 0.388 e. The molecule has 0 aliphatic heterocycles. The molecule has 1 aliphatic rings. The van der Waals surface area contributed by atoms with Gasteiger partial charge < -0.3 is 5.11 Å². The van der Waals surface area contributed by atoms with Crippen molar-refractivity contribution in [3.8, 4) is 0 Å². The first-order valence-electron chi connectivity index (χ1n) is 6.85. The molecule has 3 rings (SSSR count). The Morgan fingerprint density at radius 1 is 1.20 bits per heavy atom. The molecule has 2 aromatic carbocycles. The lowest BCUT2D eigenvalue weighted by atomic mass is 9.98. The Morgan fingerprint density at radius 3 is 2.70 bits per heavy atom. The maximum absolute atomic E-state index is 13.1. The van der Waals surface area contributed by atoms with Crippen molar-refractivity contribution in [2.24, 2.45) is 0 Å². The van der Waals surface area contributed by atoms with Gasteiger partial charge in [-0.15, -0.1) is 0 Å². The lowest BCUT2D eigenvalue weighted by Gasteiger charge is -2.13. The second-order valence-electron chi connectivity index (χ2n) is 5.40. The predicted molar refractivity (Wildman–Crippen MR) is 81.2 cm³/mol. The van der Waals surface area contributed by atoms with E-state index < -0.39 is 6.10 Å². The molecule has 1 unspecified atom stereocenters. The molecule has 1 N–H and O–H groups in total. The summed E-state index contributed by atoms with van der Waals surface area (Å²) in [7, 11) is 0. The third-order valence-electron chi connectivity index (χ3n) is 3.77. The number of benzene rings is 2. The average Bonchev–Trinajstić information content (AvgIpc) is 3.26. The summed E-state index contributed by atoms with van der Waals surface area (Å²) >= 11 is 3.34. The molecule has 2 aromatic rings. The van der Waals surface area contributed by atoms with Gasteiger partial charge in [-0.1, -0.05) is 46.3 Å². The Bertz CT molecular complexity index is 622. The minimum Gasteiger partial charge on any atom is -0.388 e. The molecule has 0 amide bonds. The third-order valence-corrected chi connectivity index (χ3v) is 4.51. The quantitative estimate of drug-likeness (QED) is 0.855. The summed E-state index contributed by atoms with van der Waals surface area (Å²) in [4.78, 5) is 0. The van der Waals surface area contributed by atoms with Gasteiger partial charge in [0, 0.05) is 10.9 Å². The molecule has 0 heterocycles. The van der Waals surface area contributed by atoms with E-state index in [1.54, 1.807) is 6.07 Å². The molecule has 104 valence electrons. The summed E-state index contributed by atoms with van der Waals surface area (Å²) < 4.78 is 13.8. The first-order chi connectivity index (χ1) is 9.63. The van der Waals surface area contributed by atoms with Crippen LogP contribution in [0, 0.1) is 5.82 Å². The van der Waals surface area contributed by atoms with Gasteiger partial charge in [-0.3, -0.25) is 0 Å². The van der Waals surface area contributed by atoms with Crippen LogP contribution < -0.4 is 0 Å². The van der Waals surface area contributed by atoms with Gasteiger partial charge in [-0.25, -0.2) is 4.39 Å². The summed E-state index contributed by atoms with van der Waals surface area (Å²) in [6.45, 7) is 0. The highest BCUT2D eigenvalue weighted by Gasteiger charge is 2.24. The van der Waals surface area contributed by atoms with Crippen molar-refractivity contribution >= 4 is 15.9 Å². The van der Waals surface area contributed by atoms with Gasteiger partial charge in [0.1, 0.15) is 5.82 Å². The molecule has 1 fully saturated rings. The molecule has 0 aromatic heterocycles. The predicted octanol–water partition coefficient (Wildman–Crippen LogP) is 4.74. The van der Waals surface area contributed by atoms with Crippen LogP contribution in [-0.4, -0.2) is 5.11 Å². The van der Waals surface area contributed by atoms with Crippen molar-refractivity contribution in [1.29, 1.82) is 0 Å². The zero-order valence-corrected chi connectivity index (χ0v) is 12.6. The lowest BCUT2D eigenvalue weighted by molar-refractivity contribution is 0.178. The maximum atomic E-state index is 13.1. The monoisotopic (exact) mass is 334 g/mol. The fourth-order valence-corrected chi connectivity index (χ4v) is 2.96. The SMILES string of the molecule is OC(Cc1ccc(F)cc1Br)c1cccc(C2CC2)c1. The standard InChI is InChI=1S/C17H16BrFO/c18-16-10-15(19)7-6-13(16)9-17(20)14-3-1-2-12(8-14)11-4-5-11/h1-3,6-8,10-11,17,20H,4-5,9H2. The fraction of sp³-hybridized carbons (Fsp3) is 0.294. The van der Waals surface area contributed by atoms with Gasteiger partial charge in [0.2, 0.25) is 0 Å². The van der Waals surface area contributed by atoms with Crippen molar-refractivity contribution in [2.45, 2.75) is 31.3 Å². The van der Waals surface area contributed by atoms with Gasteiger partial charge >= 0.3 is 0 Å². The summed E-state index contributed by atoms with van der Waals surface area (Å²) in [5.41, 5.74) is 3.17. The summed E-state index contributed by atoms with van der Waals surface area (Å²) in [5.74, 6) is 0.408. The van der Waals surface area contributed by atoms with E-state index in [1.165, 1.54) is 30.5 Å². The summed E-state index contributed by atoms with van der Waals surface area (Å²) in [6, 6.07) is 12.8. The average molecular weight is 335 g/mol. The molecule has 1 nitrogen and oxygen atoms in total. The smallest absolute Gasteiger partial charge is 0.124 e. The van der Waals surface area contributed by atoms with E-state index in [9.17, 15) is 9.50 Å². The van der Waals surface area contributed by atoms with Crippen molar-refractivity contribution < 1.29 is 9.50 Å². The van der Waals surface area contributed by atoms with Crippen LogP contribution in [0.4, 0.5) is 4.39 Å². The minimum atomic E-state index is -0.560. The Kier molecular flexibility index (Phi) is 3.90. The number of aliphatic hydroxyl groups excluding tert-OH is 1. The normalized spacial score (nSPS) is 16.1. The molecule has 0 radical (unpaired) electrons. The summed E-state index contributed by atoms with van der Waals surface area (Å²) in [6.07, 6.45) is 2.43. The molecule has 0 spiro atoms. The minimum absolute atomic E-state index is 0.272. The highest BCUT2D eigenvalue weighted by atomic mass is 79.9. The molecule has 0 saturated heterocycles. The molecular formula is C17H16BrFO. The van der Waals surface area contributed by atoms with Gasteiger partial charge in [0.25, 0.3) is 0 Å². The zero-order valence-electron chi connectivity index (χ0n) is 11.0. The van der Waals surface area contributed by atoms with Crippen molar-refractivity contribution in [2.75, 3.05) is 0 Å².